The highest BCUT2D eigenvalue weighted by atomic mass is 35.5. The van der Waals surface area contributed by atoms with Gasteiger partial charge in [-0.25, -0.2) is 0 Å². The first-order valence-electron chi connectivity index (χ1n) is 10.5. The predicted octanol–water partition coefficient (Wildman–Crippen LogP) is 4.30. The highest BCUT2D eigenvalue weighted by Gasteiger charge is 2.41. The van der Waals surface area contributed by atoms with Crippen LogP contribution in [0.2, 0.25) is 10.0 Å². The number of hydrogen-bond donors (Lipinski definition) is 1. The molecule has 1 aromatic heterocycles. The Kier molecular flexibility index (Phi) is 5.42. The highest BCUT2D eigenvalue weighted by molar-refractivity contribution is 6.35. The van der Waals surface area contributed by atoms with Crippen LogP contribution in [0, 0.1) is 13.8 Å². The van der Waals surface area contributed by atoms with Gasteiger partial charge in [0.25, 0.3) is 0 Å². The third-order valence-corrected chi connectivity index (χ3v) is 6.83. The lowest BCUT2D eigenvalue weighted by atomic mass is 10.1. The zero-order valence-electron chi connectivity index (χ0n) is 17.4. The molecule has 0 spiro atoms. The van der Waals surface area contributed by atoms with E-state index in [1.54, 1.807) is 6.07 Å². The van der Waals surface area contributed by atoms with Gasteiger partial charge in [0.2, 0.25) is 0 Å². The second-order valence-electron chi connectivity index (χ2n) is 8.33. The van der Waals surface area contributed by atoms with E-state index in [0.717, 1.165) is 53.6 Å². The number of ether oxygens (including phenoxy) is 1. The number of aryl methyl sites for hydroxylation is 2. The number of aromatic nitrogens is 3. The van der Waals surface area contributed by atoms with E-state index in [2.05, 4.69) is 15.1 Å². The molecule has 5 rings (SSSR count). The standard InChI is InChI=1S/C23H24Cl2N4O2/c1-13-26-27-14(2)29(13)16-3-5-18(6-4-16)31-23-20-9-15(24)10-21(25)19(20)11-22(23)28-8-7-17(30)12-28/h3-6,9-10,17,22-23,30H,7-8,11-12H2,1-2H3/t17?,22-,23-/m0/s1. The molecule has 0 bridgehead atoms. The van der Waals surface area contributed by atoms with E-state index in [1.807, 2.05) is 48.7 Å². The molecule has 2 aliphatic rings. The molecule has 0 saturated carbocycles. The van der Waals surface area contributed by atoms with E-state index in [-0.39, 0.29) is 18.2 Å². The van der Waals surface area contributed by atoms with Crippen LogP contribution in [0.3, 0.4) is 0 Å². The molecule has 1 aliphatic heterocycles. The lowest BCUT2D eigenvalue weighted by molar-refractivity contribution is 0.0818. The van der Waals surface area contributed by atoms with Crippen molar-refractivity contribution in [2.24, 2.45) is 0 Å². The fraction of sp³-hybridized carbons (Fsp3) is 0.391. The Morgan fingerprint density at radius 3 is 2.42 bits per heavy atom. The molecule has 162 valence electrons. The molecule has 6 nitrogen and oxygen atoms in total. The van der Waals surface area contributed by atoms with Crippen molar-refractivity contribution in [2.75, 3.05) is 13.1 Å². The van der Waals surface area contributed by atoms with Gasteiger partial charge in [-0.05, 0) is 68.7 Å². The average molecular weight is 459 g/mol. The van der Waals surface area contributed by atoms with Crippen molar-refractivity contribution >= 4 is 23.2 Å². The molecule has 3 aromatic rings. The number of fused-ring (bicyclic) bond motifs is 1. The minimum Gasteiger partial charge on any atom is -0.484 e. The molecule has 1 unspecified atom stereocenters. The largest absolute Gasteiger partial charge is 0.484 e. The third kappa shape index (κ3) is 3.82. The number of benzene rings is 2. The van der Waals surface area contributed by atoms with Crippen LogP contribution in [0.4, 0.5) is 0 Å². The van der Waals surface area contributed by atoms with Crippen LogP contribution >= 0.6 is 23.2 Å². The van der Waals surface area contributed by atoms with Gasteiger partial charge in [0.1, 0.15) is 23.5 Å². The summed E-state index contributed by atoms with van der Waals surface area (Å²) in [6.07, 6.45) is 1.05. The van der Waals surface area contributed by atoms with Crippen LogP contribution in [0.5, 0.6) is 5.75 Å². The molecule has 31 heavy (non-hydrogen) atoms. The van der Waals surface area contributed by atoms with Gasteiger partial charge >= 0.3 is 0 Å². The molecular weight excluding hydrogens is 435 g/mol. The lowest BCUT2D eigenvalue weighted by Crippen LogP contribution is -2.39. The number of likely N-dealkylation sites (tertiary alicyclic amines) is 1. The summed E-state index contributed by atoms with van der Waals surface area (Å²) in [5, 5.41) is 19.6. The number of aliphatic hydroxyl groups is 1. The van der Waals surface area contributed by atoms with E-state index in [1.165, 1.54) is 0 Å². The number of aliphatic hydroxyl groups excluding tert-OH is 1. The molecular formula is C23H24Cl2N4O2. The zero-order chi connectivity index (χ0) is 21.7. The predicted molar refractivity (Wildman–Crippen MR) is 120 cm³/mol. The number of rotatable bonds is 4. The van der Waals surface area contributed by atoms with Gasteiger partial charge in [0, 0.05) is 34.4 Å². The zero-order valence-corrected chi connectivity index (χ0v) is 18.9. The van der Waals surface area contributed by atoms with Crippen LogP contribution in [-0.4, -0.2) is 50.0 Å². The van der Waals surface area contributed by atoms with Crippen molar-refractivity contribution in [2.45, 2.75) is 44.9 Å². The van der Waals surface area contributed by atoms with Crippen molar-refractivity contribution in [3.8, 4) is 11.4 Å². The summed E-state index contributed by atoms with van der Waals surface area (Å²) in [5.41, 5.74) is 3.10. The maximum absolute atomic E-state index is 10.1. The Hall–Kier alpha value is -2.12. The van der Waals surface area contributed by atoms with Crippen LogP contribution in [0.1, 0.15) is 35.3 Å². The molecule has 3 atom stereocenters. The van der Waals surface area contributed by atoms with E-state index < -0.39 is 0 Å². The minimum absolute atomic E-state index is 0.102. The first-order chi connectivity index (χ1) is 14.9. The number of nitrogens with zero attached hydrogens (tertiary/aromatic N) is 4. The molecule has 1 aliphatic carbocycles. The average Bonchev–Trinajstić information content (AvgIpc) is 3.41. The fourth-order valence-corrected chi connectivity index (χ4v) is 5.40. The van der Waals surface area contributed by atoms with Crippen molar-refractivity contribution in [3.63, 3.8) is 0 Å². The Morgan fingerprint density at radius 1 is 1.06 bits per heavy atom. The summed E-state index contributed by atoms with van der Waals surface area (Å²) in [4.78, 5) is 2.30. The van der Waals surface area contributed by atoms with Crippen LogP contribution < -0.4 is 4.74 Å². The first-order valence-corrected chi connectivity index (χ1v) is 11.2. The summed E-state index contributed by atoms with van der Waals surface area (Å²) in [6.45, 7) is 5.36. The van der Waals surface area contributed by atoms with Crippen molar-refractivity contribution in [3.05, 3.63) is 69.2 Å². The van der Waals surface area contributed by atoms with Gasteiger partial charge in [0.15, 0.2) is 0 Å². The third-order valence-electron chi connectivity index (χ3n) is 6.27. The molecule has 1 fully saturated rings. The highest BCUT2D eigenvalue weighted by Crippen LogP contribution is 2.43. The molecule has 8 heteroatoms. The Morgan fingerprint density at radius 2 is 1.77 bits per heavy atom. The SMILES string of the molecule is Cc1nnc(C)n1-c1ccc(O[C@H]2c3cc(Cl)cc(Cl)c3C[C@@H]2N2CCC(O)C2)cc1. The smallest absolute Gasteiger partial charge is 0.140 e. The van der Waals surface area contributed by atoms with E-state index in [0.29, 0.717) is 16.6 Å². The van der Waals surface area contributed by atoms with E-state index in [9.17, 15) is 5.11 Å². The van der Waals surface area contributed by atoms with Gasteiger partial charge in [-0.1, -0.05) is 23.2 Å². The summed E-state index contributed by atoms with van der Waals surface area (Å²) in [7, 11) is 0. The van der Waals surface area contributed by atoms with Gasteiger partial charge < -0.3 is 9.84 Å². The Bertz CT molecular complexity index is 1100. The van der Waals surface area contributed by atoms with Gasteiger partial charge in [-0.2, -0.15) is 0 Å². The van der Waals surface area contributed by atoms with Crippen molar-refractivity contribution in [1.29, 1.82) is 0 Å². The summed E-state index contributed by atoms with van der Waals surface area (Å²) >= 11 is 12.9. The number of β-amino-alcohol motifs (C(OH)–C–C–N with tert-alkyl or cyclic N) is 1. The fourth-order valence-electron chi connectivity index (χ4n) is 4.81. The quantitative estimate of drug-likeness (QED) is 0.631. The molecule has 1 saturated heterocycles. The second-order valence-corrected chi connectivity index (χ2v) is 9.17. The Labute approximate surface area is 191 Å². The number of halogens is 2. The number of hydrogen-bond acceptors (Lipinski definition) is 5. The minimum atomic E-state index is -0.294. The van der Waals surface area contributed by atoms with Gasteiger partial charge in [0.05, 0.1) is 12.1 Å². The topological polar surface area (TPSA) is 63.4 Å². The van der Waals surface area contributed by atoms with Crippen LogP contribution in [-0.2, 0) is 6.42 Å². The maximum atomic E-state index is 10.1. The molecule has 1 N–H and O–H groups in total. The van der Waals surface area contributed by atoms with Gasteiger partial charge in [-0.3, -0.25) is 9.47 Å². The van der Waals surface area contributed by atoms with E-state index in [4.69, 9.17) is 27.9 Å². The summed E-state index contributed by atoms with van der Waals surface area (Å²) in [6, 6.07) is 11.8. The van der Waals surface area contributed by atoms with E-state index >= 15 is 0 Å². The molecule has 0 amide bonds. The normalized spacial score (nSPS) is 23.3. The first kappa shape index (κ1) is 20.8. The van der Waals surface area contributed by atoms with Crippen LogP contribution in [0.15, 0.2) is 36.4 Å². The maximum Gasteiger partial charge on any atom is 0.140 e. The monoisotopic (exact) mass is 458 g/mol. The lowest BCUT2D eigenvalue weighted by Gasteiger charge is -2.30. The molecule has 0 radical (unpaired) electrons. The second kappa shape index (κ2) is 8.10. The summed E-state index contributed by atoms with van der Waals surface area (Å²) in [5.74, 6) is 2.45. The molecule has 2 aromatic carbocycles. The van der Waals surface area contributed by atoms with Crippen LogP contribution in [0.25, 0.3) is 5.69 Å². The Balaban J connectivity index is 1.46. The summed E-state index contributed by atoms with van der Waals surface area (Å²) < 4.78 is 8.53. The van der Waals surface area contributed by atoms with Crippen molar-refractivity contribution < 1.29 is 9.84 Å². The van der Waals surface area contributed by atoms with Gasteiger partial charge in [-0.15, -0.1) is 10.2 Å². The molecule has 2 heterocycles. The van der Waals surface area contributed by atoms with Crippen molar-refractivity contribution in [1.82, 2.24) is 19.7 Å².